The molecule has 1 unspecified atom stereocenters. The first-order valence-corrected chi connectivity index (χ1v) is 8.24. The summed E-state index contributed by atoms with van der Waals surface area (Å²) in [6.45, 7) is 2.63. The Morgan fingerprint density at radius 2 is 2.13 bits per heavy atom. The van der Waals surface area contributed by atoms with Crippen molar-refractivity contribution in [2.75, 3.05) is 33.4 Å². The number of hydrogen-bond donors (Lipinski definition) is 1. The second kappa shape index (κ2) is 6.84. The molecule has 1 saturated carbocycles. The van der Waals surface area contributed by atoms with Crippen molar-refractivity contribution >= 4 is 5.91 Å². The number of ether oxygens (including phenoxy) is 2. The number of pyridine rings is 1. The van der Waals surface area contributed by atoms with Gasteiger partial charge in [-0.05, 0) is 37.8 Å². The van der Waals surface area contributed by atoms with Crippen LogP contribution in [-0.4, -0.2) is 55.3 Å². The summed E-state index contributed by atoms with van der Waals surface area (Å²) in [4.78, 5) is 28.6. The highest BCUT2D eigenvalue weighted by Crippen LogP contribution is 2.50. The maximum atomic E-state index is 12.5. The molecule has 0 bridgehead atoms. The van der Waals surface area contributed by atoms with Gasteiger partial charge in [0.2, 0.25) is 0 Å². The first-order valence-electron chi connectivity index (χ1n) is 8.24. The van der Waals surface area contributed by atoms with E-state index in [9.17, 15) is 9.59 Å². The molecule has 1 aliphatic heterocycles. The van der Waals surface area contributed by atoms with Gasteiger partial charge in [0.05, 0.1) is 19.3 Å². The topological polar surface area (TPSA) is 71.6 Å². The standard InChI is InChI=1S/C17H24N2O4/c1-22-11-12-23-14-4-5-17(14)6-9-19(10-7-17)16(21)13-3-2-8-18-15(13)20/h2-3,8,14H,4-7,9-12H2,1H3,(H,18,20). The average molecular weight is 320 g/mol. The van der Waals surface area contributed by atoms with Gasteiger partial charge in [-0.15, -0.1) is 0 Å². The second-order valence-corrected chi connectivity index (χ2v) is 6.46. The number of methoxy groups -OCH3 is 1. The molecule has 1 amide bonds. The molecule has 126 valence electrons. The first-order chi connectivity index (χ1) is 11.2. The number of carbonyl (C=O) groups excluding carboxylic acids is 1. The third kappa shape index (κ3) is 3.19. The summed E-state index contributed by atoms with van der Waals surface area (Å²) in [7, 11) is 1.68. The third-order valence-corrected chi connectivity index (χ3v) is 5.29. The van der Waals surface area contributed by atoms with E-state index in [1.165, 1.54) is 6.42 Å². The monoisotopic (exact) mass is 320 g/mol. The summed E-state index contributed by atoms with van der Waals surface area (Å²) in [5, 5.41) is 0. The van der Waals surface area contributed by atoms with E-state index in [4.69, 9.17) is 9.47 Å². The van der Waals surface area contributed by atoms with Gasteiger partial charge in [0.25, 0.3) is 11.5 Å². The summed E-state index contributed by atoms with van der Waals surface area (Å²) >= 11 is 0. The van der Waals surface area contributed by atoms with Crippen LogP contribution in [0.3, 0.4) is 0 Å². The lowest BCUT2D eigenvalue weighted by Crippen LogP contribution is -2.54. The van der Waals surface area contributed by atoms with Gasteiger partial charge in [-0.3, -0.25) is 9.59 Å². The van der Waals surface area contributed by atoms with Gasteiger partial charge >= 0.3 is 0 Å². The smallest absolute Gasteiger partial charge is 0.260 e. The Morgan fingerprint density at radius 3 is 2.74 bits per heavy atom. The van der Waals surface area contributed by atoms with Crippen molar-refractivity contribution in [3.8, 4) is 0 Å². The lowest BCUT2D eigenvalue weighted by Gasteiger charge is -2.53. The molecule has 1 aromatic rings. The van der Waals surface area contributed by atoms with Gasteiger partial charge in [-0.2, -0.15) is 0 Å². The fourth-order valence-corrected chi connectivity index (χ4v) is 3.69. The normalized spacial score (nSPS) is 22.8. The van der Waals surface area contributed by atoms with Crippen LogP contribution in [-0.2, 0) is 9.47 Å². The number of aromatic amines is 1. The van der Waals surface area contributed by atoms with E-state index in [-0.39, 0.29) is 28.5 Å². The van der Waals surface area contributed by atoms with Crippen LogP contribution in [0.5, 0.6) is 0 Å². The van der Waals surface area contributed by atoms with E-state index in [0.717, 1.165) is 19.3 Å². The van der Waals surface area contributed by atoms with Gasteiger partial charge in [0.15, 0.2) is 0 Å². The summed E-state index contributed by atoms with van der Waals surface area (Å²) in [6, 6.07) is 3.28. The second-order valence-electron chi connectivity index (χ2n) is 6.46. The predicted octanol–water partition coefficient (Wildman–Crippen LogP) is 1.42. The molecular formula is C17H24N2O4. The third-order valence-electron chi connectivity index (χ3n) is 5.29. The minimum absolute atomic E-state index is 0.169. The SMILES string of the molecule is COCCOC1CCC12CCN(C(=O)c1ccc[nH]c1=O)CC2. The Balaban J connectivity index is 1.57. The number of rotatable bonds is 5. The minimum atomic E-state index is -0.317. The van der Waals surface area contributed by atoms with Crippen LogP contribution < -0.4 is 5.56 Å². The number of nitrogens with one attached hydrogen (secondary N) is 1. The van der Waals surface area contributed by atoms with Gasteiger partial charge in [0.1, 0.15) is 5.56 Å². The largest absolute Gasteiger partial charge is 0.382 e. The Morgan fingerprint density at radius 1 is 1.35 bits per heavy atom. The number of nitrogens with zero attached hydrogens (tertiary/aromatic N) is 1. The number of piperidine rings is 1. The van der Waals surface area contributed by atoms with E-state index in [0.29, 0.717) is 26.3 Å². The quantitative estimate of drug-likeness (QED) is 0.833. The molecule has 1 atom stereocenters. The highest BCUT2D eigenvalue weighted by molar-refractivity contribution is 5.93. The van der Waals surface area contributed by atoms with Crippen molar-refractivity contribution in [2.24, 2.45) is 5.41 Å². The van der Waals surface area contributed by atoms with Crippen molar-refractivity contribution in [3.05, 3.63) is 34.2 Å². The highest BCUT2D eigenvalue weighted by atomic mass is 16.5. The zero-order valence-electron chi connectivity index (χ0n) is 13.5. The number of hydrogen-bond acceptors (Lipinski definition) is 4. The number of H-pyrrole nitrogens is 1. The van der Waals surface area contributed by atoms with Gasteiger partial charge in [-0.25, -0.2) is 0 Å². The highest BCUT2D eigenvalue weighted by Gasteiger charge is 2.49. The zero-order chi connectivity index (χ0) is 16.3. The number of aromatic nitrogens is 1. The molecule has 0 aromatic carbocycles. The van der Waals surface area contributed by atoms with Crippen LogP contribution in [0.1, 0.15) is 36.0 Å². The molecule has 1 N–H and O–H groups in total. The molecular weight excluding hydrogens is 296 g/mol. The number of carbonyl (C=O) groups is 1. The van der Waals surface area contributed by atoms with Crippen LogP contribution in [0.4, 0.5) is 0 Å². The van der Waals surface area contributed by atoms with Gasteiger partial charge < -0.3 is 19.4 Å². The zero-order valence-corrected chi connectivity index (χ0v) is 13.5. The Bertz CT molecular complexity index is 605. The number of amides is 1. The average Bonchev–Trinajstić information content (AvgIpc) is 2.58. The molecule has 3 rings (SSSR count). The Hall–Kier alpha value is -1.66. The van der Waals surface area contributed by atoms with Gasteiger partial charge in [0, 0.05) is 31.8 Å². The van der Waals surface area contributed by atoms with Crippen molar-refractivity contribution in [2.45, 2.75) is 31.8 Å². The van der Waals surface area contributed by atoms with Crippen molar-refractivity contribution in [1.29, 1.82) is 0 Å². The maximum absolute atomic E-state index is 12.5. The van der Waals surface area contributed by atoms with Crippen LogP contribution >= 0.6 is 0 Å². The lowest BCUT2D eigenvalue weighted by atomic mass is 9.60. The van der Waals surface area contributed by atoms with Crippen LogP contribution in [0, 0.1) is 5.41 Å². The molecule has 0 radical (unpaired) electrons. The molecule has 2 fully saturated rings. The molecule has 1 spiro atoms. The molecule has 1 aromatic heterocycles. The van der Waals surface area contributed by atoms with Crippen molar-refractivity contribution in [3.63, 3.8) is 0 Å². The Labute approximate surface area is 135 Å². The molecule has 6 heteroatoms. The predicted molar refractivity (Wildman–Crippen MR) is 85.5 cm³/mol. The Kier molecular flexibility index (Phi) is 4.82. The fourth-order valence-electron chi connectivity index (χ4n) is 3.69. The molecule has 1 aliphatic carbocycles. The first kappa shape index (κ1) is 16.2. The lowest BCUT2D eigenvalue weighted by molar-refractivity contribution is -0.139. The van der Waals surface area contributed by atoms with Crippen LogP contribution in [0.15, 0.2) is 23.1 Å². The summed E-state index contributed by atoms with van der Waals surface area (Å²) in [5.41, 5.74) is 0.125. The summed E-state index contributed by atoms with van der Waals surface area (Å²) in [5.74, 6) is -0.169. The molecule has 1 saturated heterocycles. The number of likely N-dealkylation sites (tertiary alicyclic amines) is 1. The van der Waals surface area contributed by atoms with Crippen molar-refractivity contribution in [1.82, 2.24) is 9.88 Å². The van der Waals surface area contributed by atoms with E-state index < -0.39 is 0 Å². The van der Waals surface area contributed by atoms with Crippen molar-refractivity contribution < 1.29 is 14.3 Å². The van der Waals surface area contributed by atoms with E-state index >= 15 is 0 Å². The fraction of sp³-hybridized carbons (Fsp3) is 0.647. The molecule has 23 heavy (non-hydrogen) atoms. The van der Waals surface area contributed by atoms with Crippen LogP contribution in [0.25, 0.3) is 0 Å². The van der Waals surface area contributed by atoms with Gasteiger partial charge in [-0.1, -0.05) is 0 Å². The van der Waals surface area contributed by atoms with Crippen LogP contribution in [0.2, 0.25) is 0 Å². The summed E-state index contributed by atoms with van der Waals surface area (Å²) < 4.78 is 11.0. The maximum Gasteiger partial charge on any atom is 0.260 e. The van der Waals surface area contributed by atoms with E-state index in [2.05, 4.69) is 4.98 Å². The molecule has 6 nitrogen and oxygen atoms in total. The summed E-state index contributed by atoms with van der Waals surface area (Å²) in [6.07, 6.45) is 5.98. The molecule has 2 aliphatic rings. The van der Waals surface area contributed by atoms with E-state index in [1.54, 1.807) is 30.3 Å². The molecule has 2 heterocycles. The van der Waals surface area contributed by atoms with E-state index in [1.807, 2.05) is 0 Å². The minimum Gasteiger partial charge on any atom is -0.382 e.